The van der Waals surface area contributed by atoms with Gasteiger partial charge in [0.15, 0.2) is 17.7 Å². The average molecular weight is 405 g/mol. The molecule has 0 spiro atoms. The van der Waals surface area contributed by atoms with Crippen LogP contribution < -0.4 is 10.7 Å². The summed E-state index contributed by atoms with van der Waals surface area (Å²) in [5.41, 5.74) is -1.56. The number of rotatable bonds is 3. The number of aromatic hydroxyl groups is 1. The van der Waals surface area contributed by atoms with Crippen LogP contribution in [0.25, 0.3) is 0 Å². The summed E-state index contributed by atoms with van der Waals surface area (Å²) in [4.78, 5) is 39.0. The standard InChI is InChI=1S/C19H17F2N3O5/c20-11-3-2-10(13(21)6-11)7-22-18(27)12-8-23-9-14-24(4-1-5-29-14)19(28)15(23)17(26)16(12)25/h2-3,6,8,14,26H,1,4-5,7,9H2,(H,22,27). The molecule has 8 nitrogen and oxygen atoms in total. The number of amides is 2. The number of carbonyl (C=O) groups excluding carboxylic acids is 2. The van der Waals surface area contributed by atoms with Gasteiger partial charge in [-0.05, 0) is 12.5 Å². The van der Waals surface area contributed by atoms with Crippen molar-refractivity contribution in [3.63, 3.8) is 0 Å². The number of carbonyl (C=O) groups is 2. The molecule has 1 atom stereocenters. The second kappa shape index (κ2) is 7.28. The summed E-state index contributed by atoms with van der Waals surface area (Å²) in [5.74, 6) is -3.81. The molecule has 0 saturated carbocycles. The van der Waals surface area contributed by atoms with Crippen LogP contribution >= 0.6 is 0 Å². The molecule has 1 aromatic carbocycles. The van der Waals surface area contributed by atoms with Gasteiger partial charge in [-0.3, -0.25) is 14.4 Å². The molecular formula is C19H17F2N3O5. The van der Waals surface area contributed by atoms with Crippen molar-refractivity contribution in [2.45, 2.75) is 25.7 Å². The normalized spacial score (nSPS) is 18.2. The predicted molar refractivity (Wildman–Crippen MR) is 95.3 cm³/mol. The minimum absolute atomic E-state index is 0.0310. The third kappa shape index (κ3) is 3.35. The molecule has 2 aliphatic rings. The van der Waals surface area contributed by atoms with Gasteiger partial charge in [0, 0.05) is 30.9 Å². The summed E-state index contributed by atoms with van der Waals surface area (Å²) in [6.07, 6.45) is 1.28. The Hall–Kier alpha value is -3.27. The Morgan fingerprint density at radius 1 is 1.31 bits per heavy atom. The lowest BCUT2D eigenvalue weighted by atomic mass is 10.1. The highest BCUT2D eigenvalue weighted by molar-refractivity contribution is 5.99. The van der Waals surface area contributed by atoms with Crippen LogP contribution in [0.15, 0.2) is 29.2 Å². The minimum atomic E-state index is -1.00. The molecule has 10 heteroatoms. The van der Waals surface area contributed by atoms with Gasteiger partial charge in [0.25, 0.3) is 11.8 Å². The van der Waals surface area contributed by atoms with Crippen LogP contribution in [-0.2, 0) is 17.8 Å². The predicted octanol–water partition coefficient (Wildman–Crippen LogP) is 0.964. The van der Waals surface area contributed by atoms with E-state index in [9.17, 15) is 28.3 Å². The van der Waals surface area contributed by atoms with Gasteiger partial charge < -0.3 is 24.6 Å². The van der Waals surface area contributed by atoms with Crippen LogP contribution in [0.5, 0.6) is 5.75 Å². The molecule has 0 aliphatic carbocycles. The van der Waals surface area contributed by atoms with Crippen LogP contribution in [0, 0.1) is 11.6 Å². The minimum Gasteiger partial charge on any atom is -0.503 e. The summed E-state index contributed by atoms with van der Waals surface area (Å²) in [7, 11) is 0. The molecule has 2 aromatic rings. The lowest BCUT2D eigenvalue weighted by Gasteiger charge is -2.40. The monoisotopic (exact) mass is 405 g/mol. The van der Waals surface area contributed by atoms with E-state index in [4.69, 9.17) is 4.74 Å². The van der Waals surface area contributed by atoms with E-state index in [1.54, 1.807) is 0 Å². The largest absolute Gasteiger partial charge is 0.503 e. The maximum atomic E-state index is 13.7. The van der Waals surface area contributed by atoms with Crippen LogP contribution in [0.4, 0.5) is 8.78 Å². The van der Waals surface area contributed by atoms with Gasteiger partial charge in [0.2, 0.25) is 5.43 Å². The molecule has 2 aliphatic heterocycles. The fourth-order valence-electron chi connectivity index (χ4n) is 3.49. The molecule has 1 aromatic heterocycles. The molecule has 2 N–H and O–H groups in total. The molecule has 3 heterocycles. The highest BCUT2D eigenvalue weighted by atomic mass is 19.1. The molecule has 0 bridgehead atoms. The van der Waals surface area contributed by atoms with Crippen molar-refractivity contribution in [1.29, 1.82) is 0 Å². The molecule has 1 unspecified atom stereocenters. The van der Waals surface area contributed by atoms with Crippen molar-refractivity contribution in [2.75, 3.05) is 13.2 Å². The van der Waals surface area contributed by atoms with Gasteiger partial charge in [-0.15, -0.1) is 0 Å². The molecule has 1 fully saturated rings. The van der Waals surface area contributed by atoms with Gasteiger partial charge >= 0.3 is 0 Å². The van der Waals surface area contributed by atoms with Crippen LogP contribution in [0.2, 0.25) is 0 Å². The topological polar surface area (TPSA) is 101 Å². The summed E-state index contributed by atoms with van der Waals surface area (Å²) in [6.45, 7) is 0.794. The van der Waals surface area contributed by atoms with Crippen molar-refractivity contribution >= 4 is 11.8 Å². The zero-order valence-electron chi connectivity index (χ0n) is 15.2. The van der Waals surface area contributed by atoms with Crippen LogP contribution in [0.1, 0.15) is 32.8 Å². The summed E-state index contributed by atoms with van der Waals surface area (Å²) >= 11 is 0. The van der Waals surface area contributed by atoms with Crippen molar-refractivity contribution in [3.8, 4) is 5.75 Å². The van der Waals surface area contributed by atoms with Gasteiger partial charge in [-0.25, -0.2) is 8.78 Å². The average Bonchev–Trinajstić information content (AvgIpc) is 2.70. The zero-order chi connectivity index (χ0) is 20.7. The number of aromatic nitrogens is 1. The van der Waals surface area contributed by atoms with Crippen molar-refractivity contribution < 1.29 is 28.2 Å². The van der Waals surface area contributed by atoms with E-state index in [0.717, 1.165) is 6.07 Å². The molecular weight excluding hydrogens is 388 g/mol. The Labute approximate surface area is 163 Å². The van der Waals surface area contributed by atoms with E-state index in [1.165, 1.54) is 21.7 Å². The molecule has 1 saturated heterocycles. The van der Waals surface area contributed by atoms with E-state index >= 15 is 0 Å². The maximum Gasteiger partial charge on any atom is 0.276 e. The fourth-order valence-corrected chi connectivity index (χ4v) is 3.49. The summed E-state index contributed by atoms with van der Waals surface area (Å²) < 4.78 is 33.6. The Bertz CT molecular complexity index is 1070. The molecule has 4 rings (SSSR count). The number of hydrogen-bond acceptors (Lipinski definition) is 5. The van der Waals surface area contributed by atoms with E-state index in [1.807, 2.05) is 0 Å². The number of halogens is 2. The van der Waals surface area contributed by atoms with Crippen LogP contribution in [-0.4, -0.2) is 45.8 Å². The molecule has 29 heavy (non-hydrogen) atoms. The maximum absolute atomic E-state index is 13.7. The Morgan fingerprint density at radius 3 is 2.86 bits per heavy atom. The van der Waals surface area contributed by atoms with Gasteiger partial charge in [0.1, 0.15) is 17.2 Å². The first kappa shape index (κ1) is 19.1. The van der Waals surface area contributed by atoms with Gasteiger partial charge in [-0.2, -0.15) is 0 Å². The second-order valence-electron chi connectivity index (χ2n) is 6.82. The molecule has 152 valence electrons. The number of ether oxygens (including phenoxy) is 1. The number of pyridine rings is 1. The second-order valence-corrected chi connectivity index (χ2v) is 6.82. The molecule has 2 amide bonds. The van der Waals surface area contributed by atoms with Crippen molar-refractivity contribution in [3.05, 3.63) is 63.1 Å². The first-order valence-corrected chi connectivity index (χ1v) is 8.98. The highest BCUT2D eigenvalue weighted by Crippen LogP contribution is 2.26. The Balaban J connectivity index is 1.61. The van der Waals surface area contributed by atoms with Crippen LogP contribution in [0.3, 0.4) is 0 Å². The summed E-state index contributed by atoms with van der Waals surface area (Å²) in [5, 5.41) is 12.7. The number of nitrogens with one attached hydrogen (secondary N) is 1. The fraction of sp³-hybridized carbons (Fsp3) is 0.316. The van der Waals surface area contributed by atoms with E-state index in [0.29, 0.717) is 25.6 Å². The molecule has 0 radical (unpaired) electrons. The number of nitrogens with zero attached hydrogens (tertiary/aromatic N) is 2. The van der Waals surface area contributed by atoms with Gasteiger partial charge in [-0.1, -0.05) is 6.07 Å². The lowest BCUT2D eigenvalue weighted by Crippen LogP contribution is -2.53. The lowest BCUT2D eigenvalue weighted by molar-refractivity contribution is -0.0920. The number of hydrogen-bond donors (Lipinski definition) is 2. The first-order chi connectivity index (χ1) is 13.9. The Kier molecular flexibility index (Phi) is 4.79. The third-order valence-electron chi connectivity index (χ3n) is 4.97. The van der Waals surface area contributed by atoms with Crippen molar-refractivity contribution in [2.24, 2.45) is 0 Å². The van der Waals surface area contributed by atoms with E-state index < -0.39 is 46.4 Å². The highest BCUT2D eigenvalue weighted by Gasteiger charge is 2.38. The number of benzene rings is 1. The Morgan fingerprint density at radius 2 is 2.10 bits per heavy atom. The SMILES string of the molecule is O=C(NCc1ccc(F)cc1F)c1cn2c(c(O)c1=O)C(=O)N1CCCOC1C2. The first-order valence-electron chi connectivity index (χ1n) is 8.98. The third-order valence-corrected chi connectivity index (χ3v) is 4.97. The smallest absolute Gasteiger partial charge is 0.276 e. The quantitative estimate of drug-likeness (QED) is 0.793. The van der Waals surface area contributed by atoms with E-state index in [-0.39, 0.29) is 24.3 Å². The summed E-state index contributed by atoms with van der Waals surface area (Å²) in [6, 6.07) is 2.91. The zero-order valence-corrected chi connectivity index (χ0v) is 15.2. The van der Waals surface area contributed by atoms with Gasteiger partial charge in [0.05, 0.1) is 13.2 Å². The number of fused-ring (bicyclic) bond motifs is 2. The van der Waals surface area contributed by atoms with E-state index in [2.05, 4.69) is 5.32 Å². The van der Waals surface area contributed by atoms with Crippen molar-refractivity contribution in [1.82, 2.24) is 14.8 Å².